The van der Waals surface area contributed by atoms with Crippen molar-refractivity contribution < 1.29 is 13.5 Å². The van der Waals surface area contributed by atoms with Crippen molar-refractivity contribution in [3.63, 3.8) is 0 Å². The Labute approximate surface area is 143 Å². The Hall–Kier alpha value is -2.26. The maximum absolute atomic E-state index is 12.5. The van der Waals surface area contributed by atoms with Crippen LogP contribution in [0.15, 0.2) is 24.3 Å². The fourth-order valence-electron chi connectivity index (χ4n) is 2.76. The zero-order chi connectivity index (χ0) is 17.1. The number of ether oxygens (including phenoxy) is 1. The zero-order valence-electron chi connectivity index (χ0n) is 13.1. The molecule has 24 heavy (non-hydrogen) atoms. The van der Waals surface area contributed by atoms with Crippen molar-refractivity contribution in [1.82, 2.24) is 4.98 Å². The summed E-state index contributed by atoms with van der Waals surface area (Å²) in [7, 11) is 0. The Morgan fingerprint density at radius 3 is 3.00 bits per heavy atom. The van der Waals surface area contributed by atoms with E-state index in [1.54, 1.807) is 24.3 Å². The Kier molecular flexibility index (Phi) is 4.91. The average Bonchev–Trinajstić information content (AvgIpc) is 2.96. The summed E-state index contributed by atoms with van der Waals surface area (Å²) < 4.78 is 29.5. The van der Waals surface area contributed by atoms with Gasteiger partial charge in [0.15, 0.2) is 0 Å². The maximum Gasteiger partial charge on any atom is 0.387 e. The number of nitriles is 1. The average molecular weight is 346 g/mol. The third-order valence-electron chi connectivity index (χ3n) is 3.97. The Bertz CT molecular complexity index is 808. The van der Waals surface area contributed by atoms with Crippen LogP contribution in [0.25, 0.3) is 11.6 Å². The summed E-state index contributed by atoms with van der Waals surface area (Å²) in [6.07, 6.45) is 4.58. The molecule has 0 N–H and O–H groups in total. The summed E-state index contributed by atoms with van der Waals surface area (Å²) in [5, 5.41) is 10.1. The number of thiazole rings is 1. The van der Waals surface area contributed by atoms with Crippen molar-refractivity contribution in [2.24, 2.45) is 5.92 Å². The normalized spacial score (nSPS) is 17.5. The fourth-order valence-corrected chi connectivity index (χ4v) is 3.99. The summed E-state index contributed by atoms with van der Waals surface area (Å²) in [4.78, 5) is 5.81. The number of benzene rings is 1. The van der Waals surface area contributed by atoms with Crippen molar-refractivity contribution in [2.45, 2.75) is 32.8 Å². The highest BCUT2D eigenvalue weighted by atomic mass is 32.1. The second-order valence-electron chi connectivity index (χ2n) is 5.82. The summed E-state index contributed by atoms with van der Waals surface area (Å²) in [6.45, 7) is -0.694. The van der Waals surface area contributed by atoms with E-state index < -0.39 is 6.61 Å². The molecule has 3 nitrogen and oxygen atoms in total. The molecule has 1 aromatic heterocycles. The first-order valence-electron chi connectivity index (χ1n) is 7.71. The van der Waals surface area contributed by atoms with Gasteiger partial charge in [-0.15, -0.1) is 11.3 Å². The molecule has 0 amide bonds. The lowest BCUT2D eigenvalue weighted by molar-refractivity contribution is -0.0499. The minimum absolute atomic E-state index is 0.0511. The van der Waals surface area contributed by atoms with Gasteiger partial charge in [-0.25, -0.2) is 4.98 Å². The van der Waals surface area contributed by atoms with Gasteiger partial charge in [0.05, 0.1) is 11.3 Å². The molecule has 0 radical (unpaired) electrons. The van der Waals surface area contributed by atoms with E-state index in [4.69, 9.17) is 0 Å². The predicted molar refractivity (Wildman–Crippen MR) is 89.9 cm³/mol. The number of hydrogen-bond acceptors (Lipinski definition) is 4. The minimum atomic E-state index is -2.90. The molecule has 0 unspecified atom stereocenters. The summed E-state index contributed by atoms with van der Waals surface area (Å²) in [5.41, 5.74) is 1.87. The summed E-state index contributed by atoms with van der Waals surface area (Å²) in [6, 6.07) is 8.57. The van der Waals surface area contributed by atoms with Gasteiger partial charge in [-0.1, -0.05) is 25.1 Å². The van der Waals surface area contributed by atoms with E-state index in [0.717, 1.165) is 25.0 Å². The van der Waals surface area contributed by atoms with Crippen molar-refractivity contribution in [1.29, 1.82) is 5.26 Å². The third-order valence-corrected chi connectivity index (χ3v) is 5.13. The number of fused-ring (bicyclic) bond motifs is 1. The van der Waals surface area contributed by atoms with Crippen molar-refractivity contribution in [3.8, 4) is 11.8 Å². The molecule has 0 fully saturated rings. The highest BCUT2D eigenvalue weighted by Crippen LogP contribution is 2.34. The third kappa shape index (κ3) is 3.62. The van der Waals surface area contributed by atoms with Crippen molar-refractivity contribution in [3.05, 3.63) is 45.4 Å². The Balaban J connectivity index is 1.95. The summed E-state index contributed by atoms with van der Waals surface area (Å²) in [5.74, 6) is 0.677. The largest absolute Gasteiger partial charge is 0.434 e. The molecule has 124 valence electrons. The highest BCUT2D eigenvalue weighted by Gasteiger charge is 2.21. The molecule has 0 saturated heterocycles. The van der Waals surface area contributed by atoms with Gasteiger partial charge >= 0.3 is 6.61 Å². The van der Waals surface area contributed by atoms with Gasteiger partial charge in [0.2, 0.25) is 0 Å². The van der Waals surface area contributed by atoms with Crippen molar-refractivity contribution in [2.75, 3.05) is 0 Å². The molecular formula is C18H16F2N2OS. The molecule has 3 rings (SSSR count). The van der Waals surface area contributed by atoms with Crippen LogP contribution in [0.3, 0.4) is 0 Å². The lowest BCUT2D eigenvalue weighted by atomic mass is 9.93. The first kappa shape index (κ1) is 16.6. The van der Waals surface area contributed by atoms with E-state index in [-0.39, 0.29) is 5.75 Å². The van der Waals surface area contributed by atoms with Crippen LogP contribution in [-0.4, -0.2) is 11.6 Å². The van der Waals surface area contributed by atoms with Gasteiger partial charge in [-0.2, -0.15) is 14.0 Å². The van der Waals surface area contributed by atoms with Crippen LogP contribution in [-0.2, 0) is 12.8 Å². The number of halogens is 2. The molecule has 1 heterocycles. The number of hydrogen-bond donors (Lipinski definition) is 0. The number of rotatable bonds is 4. The van der Waals surface area contributed by atoms with Crippen LogP contribution < -0.4 is 4.74 Å². The van der Waals surface area contributed by atoms with E-state index in [0.29, 0.717) is 22.1 Å². The molecule has 1 aliphatic rings. The SMILES string of the molecule is C[C@H]1CCc2nc(/C(C#N)=C/c3ccccc3OC(F)F)sc2C1. The van der Waals surface area contributed by atoms with Crippen LogP contribution in [0.1, 0.15) is 34.5 Å². The molecular weight excluding hydrogens is 330 g/mol. The molecule has 1 atom stereocenters. The number of aromatic nitrogens is 1. The lowest BCUT2D eigenvalue weighted by Crippen LogP contribution is -2.09. The van der Waals surface area contributed by atoms with E-state index >= 15 is 0 Å². The van der Waals surface area contributed by atoms with E-state index in [2.05, 4.69) is 22.7 Å². The van der Waals surface area contributed by atoms with Crippen molar-refractivity contribution >= 4 is 23.0 Å². The first-order chi connectivity index (χ1) is 11.6. The molecule has 6 heteroatoms. The predicted octanol–water partition coefficient (Wildman–Crippen LogP) is 4.93. The molecule has 0 saturated carbocycles. The van der Waals surface area contributed by atoms with Crippen LogP contribution in [0, 0.1) is 17.2 Å². The Morgan fingerprint density at radius 1 is 1.46 bits per heavy atom. The number of aryl methyl sites for hydroxylation is 1. The number of alkyl halides is 2. The van der Waals surface area contributed by atoms with Gasteiger partial charge in [0, 0.05) is 10.4 Å². The molecule has 0 aliphatic heterocycles. The quantitative estimate of drug-likeness (QED) is 0.737. The minimum Gasteiger partial charge on any atom is -0.434 e. The fraction of sp³-hybridized carbons (Fsp3) is 0.333. The second-order valence-corrected chi connectivity index (χ2v) is 6.91. The molecule has 0 bridgehead atoms. The van der Waals surface area contributed by atoms with Gasteiger partial charge in [0.1, 0.15) is 16.8 Å². The molecule has 2 aromatic rings. The standard InChI is InChI=1S/C18H16F2N2OS/c1-11-6-7-14-16(8-11)24-17(22-14)13(10-21)9-12-4-2-3-5-15(12)23-18(19)20/h2-5,9,11,18H,6-8H2,1H3/b13-9+/t11-/m0/s1. The smallest absolute Gasteiger partial charge is 0.387 e. The van der Waals surface area contributed by atoms with E-state index in [9.17, 15) is 14.0 Å². The lowest BCUT2D eigenvalue weighted by Gasteiger charge is -2.15. The van der Waals surface area contributed by atoms with Gasteiger partial charge in [0.25, 0.3) is 0 Å². The van der Waals surface area contributed by atoms with Crippen LogP contribution >= 0.6 is 11.3 Å². The zero-order valence-corrected chi connectivity index (χ0v) is 13.9. The van der Waals surface area contributed by atoms with Gasteiger partial charge < -0.3 is 4.74 Å². The number of para-hydroxylation sites is 1. The first-order valence-corrected chi connectivity index (χ1v) is 8.53. The number of allylic oxidation sites excluding steroid dienone is 1. The topological polar surface area (TPSA) is 45.9 Å². The van der Waals surface area contributed by atoms with Crippen LogP contribution in [0.2, 0.25) is 0 Å². The summed E-state index contributed by atoms with van der Waals surface area (Å²) >= 11 is 1.52. The number of nitrogens with zero attached hydrogens (tertiary/aromatic N) is 2. The van der Waals surface area contributed by atoms with Gasteiger partial charge in [-0.05, 0) is 37.3 Å². The van der Waals surface area contributed by atoms with E-state index in [1.165, 1.54) is 22.3 Å². The Morgan fingerprint density at radius 2 is 2.25 bits per heavy atom. The van der Waals surface area contributed by atoms with E-state index in [1.807, 2.05) is 0 Å². The molecule has 1 aliphatic carbocycles. The molecule has 0 spiro atoms. The maximum atomic E-state index is 12.5. The van der Waals surface area contributed by atoms with Crippen LogP contribution in [0.4, 0.5) is 8.78 Å². The van der Waals surface area contributed by atoms with Gasteiger partial charge in [-0.3, -0.25) is 0 Å². The second kappa shape index (κ2) is 7.10. The highest BCUT2D eigenvalue weighted by molar-refractivity contribution is 7.13. The van der Waals surface area contributed by atoms with Crippen LogP contribution in [0.5, 0.6) is 5.75 Å². The monoisotopic (exact) mass is 346 g/mol. The molecule has 1 aromatic carbocycles.